The third-order valence-corrected chi connectivity index (χ3v) is 4.06. The van der Waals surface area contributed by atoms with Crippen LogP contribution in [0.4, 0.5) is 10.8 Å². The smallest absolute Gasteiger partial charge is 0.310 e. The van der Waals surface area contributed by atoms with Crippen LogP contribution in [-0.2, 0) is 10.2 Å². The molecule has 112 valence electrons. The monoisotopic (exact) mass is 304 g/mol. The predicted octanol–water partition coefficient (Wildman–Crippen LogP) is 4.37. The van der Waals surface area contributed by atoms with Gasteiger partial charge in [0.05, 0.1) is 11.6 Å². The van der Waals surface area contributed by atoms with Crippen molar-refractivity contribution in [3.63, 3.8) is 0 Å². The lowest BCUT2D eigenvalue weighted by molar-refractivity contribution is -0.138. The molecule has 4 nitrogen and oxygen atoms in total. The van der Waals surface area contributed by atoms with E-state index in [1.54, 1.807) is 18.3 Å². The van der Waals surface area contributed by atoms with Crippen LogP contribution in [0.25, 0.3) is 0 Å². The molecule has 0 radical (unpaired) electrons. The molecule has 5 heteroatoms. The van der Waals surface area contributed by atoms with E-state index >= 15 is 0 Å². The van der Waals surface area contributed by atoms with Gasteiger partial charge < -0.3 is 10.4 Å². The van der Waals surface area contributed by atoms with Crippen LogP contribution in [0.15, 0.2) is 29.6 Å². The molecule has 0 aliphatic heterocycles. The third-order valence-electron chi connectivity index (χ3n) is 3.30. The van der Waals surface area contributed by atoms with Crippen LogP contribution < -0.4 is 5.32 Å². The van der Waals surface area contributed by atoms with Gasteiger partial charge in [0, 0.05) is 16.5 Å². The largest absolute Gasteiger partial charge is 0.481 e. The third kappa shape index (κ3) is 3.82. The second-order valence-corrected chi connectivity index (χ2v) is 6.95. The fourth-order valence-corrected chi connectivity index (χ4v) is 2.75. The molecule has 1 atom stereocenters. The molecular formula is C16H20N2O2S. The van der Waals surface area contributed by atoms with Crippen molar-refractivity contribution in [1.29, 1.82) is 0 Å². The number of rotatable bonds is 4. The Morgan fingerprint density at radius 2 is 1.90 bits per heavy atom. The summed E-state index contributed by atoms with van der Waals surface area (Å²) in [6.45, 7) is 8.08. The van der Waals surface area contributed by atoms with Crippen LogP contribution in [0.5, 0.6) is 0 Å². The van der Waals surface area contributed by atoms with E-state index in [1.807, 2.05) is 24.3 Å². The molecule has 2 rings (SSSR count). The zero-order chi connectivity index (χ0) is 15.6. The van der Waals surface area contributed by atoms with Crippen molar-refractivity contribution in [3.05, 3.63) is 40.9 Å². The van der Waals surface area contributed by atoms with E-state index in [0.29, 0.717) is 0 Å². The molecule has 0 saturated heterocycles. The van der Waals surface area contributed by atoms with Gasteiger partial charge in [-0.3, -0.25) is 4.79 Å². The van der Waals surface area contributed by atoms with E-state index in [9.17, 15) is 4.79 Å². The van der Waals surface area contributed by atoms with Gasteiger partial charge in [0.25, 0.3) is 0 Å². The molecule has 0 saturated carbocycles. The van der Waals surface area contributed by atoms with Crippen LogP contribution in [0.2, 0.25) is 0 Å². The van der Waals surface area contributed by atoms with Gasteiger partial charge in [0.15, 0.2) is 5.13 Å². The normalized spacial score (nSPS) is 13.0. The van der Waals surface area contributed by atoms with Gasteiger partial charge in [-0.15, -0.1) is 11.3 Å². The Morgan fingerprint density at radius 1 is 1.29 bits per heavy atom. The van der Waals surface area contributed by atoms with Gasteiger partial charge in [0.1, 0.15) is 0 Å². The maximum atomic E-state index is 10.9. The minimum Gasteiger partial charge on any atom is -0.481 e. The van der Waals surface area contributed by atoms with Gasteiger partial charge in [0.2, 0.25) is 0 Å². The quantitative estimate of drug-likeness (QED) is 0.880. The first-order chi connectivity index (χ1) is 9.77. The Balaban J connectivity index is 2.10. The van der Waals surface area contributed by atoms with Crippen LogP contribution in [0, 0.1) is 0 Å². The lowest BCUT2D eigenvalue weighted by Crippen LogP contribution is -2.11. The van der Waals surface area contributed by atoms with Crippen LogP contribution in [-0.4, -0.2) is 16.1 Å². The van der Waals surface area contributed by atoms with E-state index in [1.165, 1.54) is 0 Å². The molecule has 0 amide bonds. The number of hydrogen-bond acceptors (Lipinski definition) is 4. The molecule has 2 aromatic rings. The van der Waals surface area contributed by atoms with Gasteiger partial charge in [-0.1, -0.05) is 32.9 Å². The van der Waals surface area contributed by atoms with Crippen molar-refractivity contribution in [2.75, 3.05) is 5.32 Å². The van der Waals surface area contributed by atoms with Crippen molar-refractivity contribution in [3.8, 4) is 0 Å². The number of aromatic nitrogens is 1. The Morgan fingerprint density at radius 3 is 2.38 bits per heavy atom. The molecule has 0 unspecified atom stereocenters. The van der Waals surface area contributed by atoms with E-state index in [4.69, 9.17) is 5.11 Å². The number of benzene rings is 1. The fraction of sp³-hybridized carbons (Fsp3) is 0.375. The zero-order valence-corrected chi connectivity index (χ0v) is 13.5. The summed E-state index contributed by atoms with van der Waals surface area (Å²) in [5, 5.41) is 15.2. The van der Waals surface area contributed by atoms with Crippen molar-refractivity contribution in [2.24, 2.45) is 0 Å². The first-order valence-corrected chi connectivity index (χ1v) is 7.71. The maximum absolute atomic E-state index is 10.9. The summed E-state index contributed by atoms with van der Waals surface area (Å²) >= 11 is 1.57. The topological polar surface area (TPSA) is 62.2 Å². The Hall–Kier alpha value is -1.88. The average molecular weight is 304 g/mol. The second-order valence-electron chi connectivity index (χ2n) is 6.09. The molecule has 0 aliphatic carbocycles. The number of carboxylic acid groups (broad SMARTS) is 1. The average Bonchev–Trinajstić information content (AvgIpc) is 2.87. The molecule has 21 heavy (non-hydrogen) atoms. The number of aliphatic carboxylic acids is 1. The highest BCUT2D eigenvalue weighted by molar-refractivity contribution is 7.13. The van der Waals surface area contributed by atoms with Crippen LogP contribution in [0.1, 0.15) is 44.9 Å². The van der Waals surface area contributed by atoms with Gasteiger partial charge in [-0.25, -0.2) is 4.98 Å². The summed E-state index contributed by atoms with van der Waals surface area (Å²) in [6, 6.07) is 7.43. The molecule has 1 heterocycles. The van der Waals surface area contributed by atoms with E-state index < -0.39 is 11.9 Å². The Labute approximate surface area is 128 Å². The SMILES string of the molecule is C[C@@H](C(=O)O)c1ccc(Nc2nc(C(C)(C)C)cs2)cc1. The first kappa shape index (κ1) is 15.5. The Bertz CT molecular complexity index is 626. The number of carboxylic acids is 1. The number of hydrogen-bond donors (Lipinski definition) is 2. The molecule has 1 aromatic heterocycles. The molecule has 0 aliphatic rings. The first-order valence-electron chi connectivity index (χ1n) is 6.83. The molecule has 1 aromatic carbocycles. The van der Waals surface area contributed by atoms with Crippen molar-refractivity contribution in [2.45, 2.75) is 39.0 Å². The van der Waals surface area contributed by atoms with Crippen molar-refractivity contribution < 1.29 is 9.90 Å². The minimum atomic E-state index is -0.814. The molecule has 0 spiro atoms. The van der Waals surface area contributed by atoms with Crippen LogP contribution >= 0.6 is 11.3 Å². The van der Waals surface area contributed by atoms with Crippen molar-refractivity contribution in [1.82, 2.24) is 4.98 Å². The number of thiazole rings is 1. The lowest BCUT2D eigenvalue weighted by atomic mass is 9.93. The molecule has 0 bridgehead atoms. The van der Waals surface area contributed by atoms with E-state index in [-0.39, 0.29) is 5.41 Å². The number of anilines is 2. The highest BCUT2D eigenvalue weighted by Crippen LogP contribution is 2.28. The number of nitrogens with zero attached hydrogens (tertiary/aromatic N) is 1. The van der Waals surface area contributed by atoms with E-state index in [0.717, 1.165) is 22.1 Å². The van der Waals surface area contributed by atoms with Gasteiger partial charge in [-0.2, -0.15) is 0 Å². The standard InChI is InChI=1S/C16H20N2O2S/c1-10(14(19)20)11-5-7-12(8-6-11)17-15-18-13(9-21-15)16(2,3)4/h5-10H,1-4H3,(H,17,18)(H,19,20)/t10-/m1/s1. The molecular weight excluding hydrogens is 284 g/mol. The molecule has 2 N–H and O–H groups in total. The summed E-state index contributed by atoms with van der Waals surface area (Å²) in [4.78, 5) is 15.5. The molecule has 0 fully saturated rings. The fourth-order valence-electron chi connectivity index (χ4n) is 1.80. The van der Waals surface area contributed by atoms with Gasteiger partial charge >= 0.3 is 5.97 Å². The summed E-state index contributed by atoms with van der Waals surface area (Å²) < 4.78 is 0. The highest BCUT2D eigenvalue weighted by Gasteiger charge is 2.17. The van der Waals surface area contributed by atoms with Crippen molar-refractivity contribution >= 4 is 28.1 Å². The van der Waals surface area contributed by atoms with Gasteiger partial charge in [-0.05, 0) is 24.6 Å². The summed E-state index contributed by atoms with van der Waals surface area (Å²) in [7, 11) is 0. The van der Waals surface area contributed by atoms with E-state index in [2.05, 4.69) is 36.5 Å². The summed E-state index contributed by atoms with van der Waals surface area (Å²) in [6.07, 6.45) is 0. The minimum absolute atomic E-state index is 0.0389. The van der Waals surface area contributed by atoms with Crippen LogP contribution in [0.3, 0.4) is 0 Å². The maximum Gasteiger partial charge on any atom is 0.310 e. The second kappa shape index (κ2) is 5.85. The lowest BCUT2D eigenvalue weighted by Gasteiger charge is -2.14. The Kier molecular flexibility index (Phi) is 4.32. The predicted molar refractivity (Wildman–Crippen MR) is 86.6 cm³/mol. The highest BCUT2D eigenvalue weighted by atomic mass is 32.1. The summed E-state index contributed by atoms with van der Waals surface area (Å²) in [5.41, 5.74) is 2.80. The summed E-state index contributed by atoms with van der Waals surface area (Å²) in [5.74, 6) is -1.31. The number of carbonyl (C=O) groups is 1. The number of nitrogens with one attached hydrogen (secondary N) is 1. The zero-order valence-electron chi connectivity index (χ0n) is 12.7.